The van der Waals surface area contributed by atoms with Crippen LogP contribution in [0.25, 0.3) is 5.57 Å². The van der Waals surface area contributed by atoms with Crippen molar-refractivity contribution < 1.29 is 27.9 Å². The lowest BCUT2D eigenvalue weighted by Gasteiger charge is -2.25. The van der Waals surface area contributed by atoms with Gasteiger partial charge in [0.15, 0.2) is 0 Å². The summed E-state index contributed by atoms with van der Waals surface area (Å²) in [6, 6.07) is 8.56. The molecule has 4 rings (SSSR count). The highest BCUT2D eigenvalue weighted by Crippen LogP contribution is 2.36. The summed E-state index contributed by atoms with van der Waals surface area (Å²) in [5.41, 5.74) is 3.56. The van der Waals surface area contributed by atoms with Gasteiger partial charge in [-0.1, -0.05) is 12.1 Å². The maximum atomic E-state index is 12.6. The second-order valence-corrected chi connectivity index (χ2v) is 8.48. The van der Waals surface area contributed by atoms with E-state index in [4.69, 9.17) is 10.4 Å². The van der Waals surface area contributed by atoms with Crippen molar-refractivity contribution >= 4 is 23.1 Å². The third kappa shape index (κ3) is 7.20. The van der Waals surface area contributed by atoms with Gasteiger partial charge >= 0.3 is 18.1 Å². The Morgan fingerprint density at radius 1 is 1.14 bits per heavy atom. The molecule has 1 amide bonds. The number of carbonyl (C=O) groups is 2. The molecule has 2 aliphatic rings. The Morgan fingerprint density at radius 2 is 1.89 bits per heavy atom. The minimum Gasteiger partial charge on any atom is -0.477 e. The van der Waals surface area contributed by atoms with Crippen LogP contribution in [-0.4, -0.2) is 41.2 Å². The minimum atomic E-state index is -4.88. The Hall–Kier alpha value is -3.58. The van der Waals surface area contributed by atoms with Crippen LogP contribution in [0.15, 0.2) is 36.5 Å². The quantitative estimate of drug-likeness (QED) is 0.472. The van der Waals surface area contributed by atoms with Crippen molar-refractivity contribution in [3.05, 3.63) is 58.9 Å². The van der Waals surface area contributed by atoms with Gasteiger partial charge in [0.1, 0.15) is 11.8 Å². The van der Waals surface area contributed by atoms with E-state index in [1.165, 1.54) is 12.3 Å². The molecule has 1 aromatic heterocycles. The number of rotatable bonds is 4. The van der Waals surface area contributed by atoms with Gasteiger partial charge in [0.25, 0.3) is 0 Å². The smallest absolute Gasteiger partial charge is 0.471 e. The van der Waals surface area contributed by atoms with E-state index in [-0.39, 0.29) is 11.4 Å². The molecule has 0 bridgehead atoms. The molecule has 1 aliphatic heterocycles. The SMILES string of the molecule is N#Cc1c[nH]c(C(=O)O)c1.O=C(Nc1ccc(C2CCNCC2)cc1C1=CCCCC1)C(F)(F)F. The number of aromatic nitrogens is 1. The van der Waals surface area contributed by atoms with Gasteiger partial charge in [-0.3, -0.25) is 4.79 Å². The molecule has 2 heterocycles. The number of benzene rings is 1. The van der Waals surface area contributed by atoms with Crippen molar-refractivity contribution in [2.45, 2.75) is 50.6 Å². The molecule has 1 fully saturated rings. The number of nitrogens with one attached hydrogen (secondary N) is 3. The zero-order chi connectivity index (χ0) is 25.4. The second kappa shape index (κ2) is 11.7. The maximum Gasteiger partial charge on any atom is 0.471 e. The maximum absolute atomic E-state index is 12.6. The van der Waals surface area contributed by atoms with E-state index >= 15 is 0 Å². The number of carbonyl (C=O) groups excluding carboxylic acids is 1. The van der Waals surface area contributed by atoms with Crippen molar-refractivity contribution in [3.8, 4) is 6.07 Å². The summed E-state index contributed by atoms with van der Waals surface area (Å²) in [4.78, 5) is 24.0. The van der Waals surface area contributed by atoms with Gasteiger partial charge in [-0.25, -0.2) is 4.79 Å². The number of halogens is 3. The second-order valence-electron chi connectivity index (χ2n) is 8.48. The Labute approximate surface area is 201 Å². The first kappa shape index (κ1) is 26.0. The van der Waals surface area contributed by atoms with E-state index in [0.29, 0.717) is 11.5 Å². The predicted octanol–water partition coefficient (Wildman–Crippen LogP) is 5.20. The van der Waals surface area contributed by atoms with Gasteiger partial charge in [0.05, 0.1) is 5.56 Å². The van der Waals surface area contributed by atoms with Gasteiger partial charge in [0, 0.05) is 17.4 Å². The Kier molecular flexibility index (Phi) is 8.71. The fourth-order valence-corrected chi connectivity index (χ4v) is 4.20. The monoisotopic (exact) mass is 488 g/mol. The first-order chi connectivity index (χ1) is 16.7. The third-order valence-electron chi connectivity index (χ3n) is 6.04. The highest BCUT2D eigenvalue weighted by atomic mass is 19.4. The number of hydrogen-bond donors (Lipinski definition) is 4. The molecule has 0 saturated carbocycles. The summed E-state index contributed by atoms with van der Waals surface area (Å²) >= 11 is 0. The van der Waals surface area contributed by atoms with Crippen molar-refractivity contribution in [2.75, 3.05) is 18.4 Å². The first-order valence-corrected chi connectivity index (χ1v) is 11.4. The van der Waals surface area contributed by atoms with E-state index in [9.17, 15) is 22.8 Å². The van der Waals surface area contributed by atoms with Gasteiger partial charge in [-0.2, -0.15) is 18.4 Å². The lowest BCUT2D eigenvalue weighted by molar-refractivity contribution is -0.167. The molecule has 0 spiro atoms. The molecule has 2 aromatic rings. The number of nitriles is 1. The number of anilines is 1. The molecule has 0 atom stereocenters. The summed E-state index contributed by atoms with van der Waals surface area (Å²) in [7, 11) is 0. The molecule has 4 N–H and O–H groups in total. The van der Waals surface area contributed by atoms with Crippen LogP contribution >= 0.6 is 0 Å². The number of piperidine rings is 1. The average molecular weight is 489 g/mol. The van der Waals surface area contributed by atoms with Crippen LogP contribution in [0.1, 0.15) is 71.6 Å². The van der Waals surface area contributed by atoms with Gasteiger partial charge in [-0.15, -0.1) is 0 Å². The summed E-state index contributed by atoms with van der Waals surface area (Å²) in [6.07, 6.45) is 4.49. The van der Waals surface area contributed by atoms with Crippen LogP contribution in [0, 0.1) is 11.3 Å². The molecule has 1 aliphatic carbocycles. The Balaban J connectivity index is 0.000000287. The van der Waals surface area contributed by atoms with Crippen molar-refractivity contribution in [1.29, 1.82) is 5.26 Å². The van der Waals surface area contributed by atoms with Gasteiger partial charge < -0.3 is 20.7 Å². The zero-order valence-electron chi connectivity index (χ0n) is 19.0. The van der Waals surface area contributed by atoms with Crippen LogP contribution < -0.4 is 10.6 Å². The van der Waals surface area contributed by atoms with Gasteiger partial charge in [0.2, 0.25) is 0 Å². The molecule has 1 saturated heterocycles. The number of hydrogen-bond acceptors (Lipinski definition) is 4. The molecular weight excluding hydrogens is 461 g/mol. The van der Waals surface area contributed by atoms with Crippen LogP contribution in [0.3, 0.4) is 0 Å². The van der Waals surface area contributed by atoms with E-state index in [2.05, 4.69) is 21.7 Å². The van der Waals surface area contributed by atoms with Crippen molar-refractivity contribution in [1.82, 2.24) is 10.3 Å². The highest BCUT2D eigenvalue weighted by Gasteiger charge is 2.39. The largest absolute Gasteiger partial charge is 0.477 e. The van der Waals surface area contributed by atoms with Gasteiger partial charge in [-0.05, 0) is 86.9 Å². The molecule has 7 nitrogen and oxygen atoms in total. The third-order valence-corrected chi connectivity index (χ3v) is 6.04. The van der Waals surface area contributed by atoms with Crippen LogP contribution in [0.5, 0.6) is 0 Å². The highest BCUT2D eigenvalue weighted by molar-refractivity contribution is 5.97. The predicted molar refractivity (Wildman–Crippen MR) is 125 cm³/mol. The number of aromatic carboxylic acids is 1. The number of alkyl halides is 3. The molecular formula is C25H27F3N4O3. The lowest BCUT2D eigenvalue weighted by atomic mass is 9.86. The van der Waals surface area contributed by atoms with E-state index in [0.717, 1.165) is 68.3 Å². The number of allylic oxidation sites excluding steroid dienone is 2. The van der Waals surface area contributed by atoms with E-state index in [1.54, 1.807) is 6.07 Å². The first-order valence-electron chi connectivity index (χ1n) is 11.4. The molecule has 35 heavy (non-hydrogen) atoms. The molecule has 10 heteroatoms. The molecule has 186 valence electrons. The number of carboxylic acids is 1. The van der Waals surface area contributed by atoms with E-state index < -0.39 is 18.1 Å². The van der Waals surface area contributed by atoms with Crippen molar-refractivity contribution in [3.63, 3.8) is 0 Å². The summed E-state index contributed by atoms with van der Waals surface area (Å²) < 4.78 is 37.9. The minimum absolute atomic E-state index is 0.0385. The standard InChI is InChI=1S/C19H23F3N2O.C6H4N2O2/c20-19(21,22)18(25)24-17-7-6-15(13-8-10-23-11-9-13)12-16(17)14-4-2-1-3-5-14;7-2-4-1-5(6(9)10)8-3-4/h4,6-7,12-13,23H,1-3,5,8-11H2,(H,24,25);1,3,8H,(H,9,10). The fraction of sp³-hybridized carbons (Fsp3) is 0.400. The number of aromatic amines is 1. The Morgan fingerprint density at radius 3 is 2.43 bits per heavy atom. The van der Waals surface area contributed by atoms with Crippen LogP contribution in [-0.2, 0) is 4.79 Å². The average Bonchev–Trinajstić information content (AvgIpc) is 3.35. The topological polar surface area (TPSA) is 118 Å². The number of amides is 1. The number of H-pyrrole nitrogens is 1. The summed E-state index contributed by atoms with van der Waals surface area (Å²) in [5.74, 6) is -2.56. The molecule has 1 aromatic carbocycles. The summed E-state index contributed by atoms with van der Waals surface area (Å²) in [5, 5.41) is 22.0. The van der Waals surface area contributed by atoms with Crippen LogP contribution in [0.4, 0.5) is 18.9 Å². The van der Waals surface area contributed by atoms with Crippen LogP contribution in [0.2, 0.25) is 0 Å². The molecule has 0 unspecified atom stereocenters. The lowest BCUT2D eigenvalue weighted by Crippen LogP contribution is -2.30. The fourth-order valence-electron chi connectivity index (χ4n) is 4.20. The zero-order valence-corrected chi connectivity index (χ0v) is 19.0. The Bertz CT molecular complexity index is 1130. The molecule has 0 radical (unpaired) electrons. The number of carboxylic acid groups (broad SMARTS) is 1. The van der Waals surface area contributed by atoms with E-state index in [1.807, 2.05) is 18.2 Å². The van der Waals surface area contributed by atoms with Crippen molar-refractivity contribution in [2.24, 2.45) is 0 Å². The summed E-state index contributed by atoms with van der Waals surface area (Å²) in [6.45, 7) is 1.91. The number of nitrogens with zero attached hydrogens (tertiary/aromatic N) is 1. The normalized spacial score (nSPS) is 16.3.